The third-order valence-electron chi connectivity index (χ3n) is 3.32. The predicted molar refractivity (Wildman–Crippen MR) is 110 cm³/mol. The Kier molecular flexibility index (Phi) is 7.76. The largest absolute Gasteiger partial charge is 0.470 e. The van der Waals surface area contributed by atoms with Crippen molar-refractivity contribution >= 4 is 57.4 Å². The maximum atomic E-state index is 12.4. The Balaban J connectivity index is 2.03. The van der Waals surface area contributed by atoms with Gasteiger partial charge in [0.25, 0.3) is 5.91 Å². The molecule has 0 saturated heterocycles. The zero-order valence-electron chi connectivity index (χ0n) is 14.2. The average molecular weight is 473 g/mol. The number of nitrogens with zero attached hydrogens (tertiary/aromatic N) is 2. The Labute approximate surface area is 164 Å². The highest BCUT2D eigenvalue weighted by molar-refractivity contribution is 14.1. The summed E-state index contributed by atoms with van der Waals surface area (Å²) < 4.78 is 6.91. The van der Waals surface area contributed by atoms with Crippen LogP contribution in [0.5, 0.6) is 5.75 Å². The van der Waals surface area contributed by atoms with E-state index in [1.54, 1.807) is 6.21 Å². The van der Waals surface area contributed by atoms with Crippen LogP contribution < -0.4 is 10.1 Å². The van der Waals surface area contributed by atoms with Crippen molar-refractivity contribution in [3.8, 4) is 5.75 Å². The number of oxime groups is 1. The standard InChI is InChI=1S/C17H20IN3O3S/c1-11(6-7-20-23-2)21-16(22)17(25-3)24-14-4-5-15-12(9-14)8-13(18)10-19-15/h4-5,7-11,17H,6H2,1-3H3,(H,21,22)/b20-7+. The Morgan fingerprint density at radius 2 is 2.28 bits per heavy atom. The lowest BCUT2D eigenvalue weighted by molar-refractivity contribution is -0.125. The van der Waals surface area contributed by atoms with Crippen molar-refractivity contribution in [2.75, 3.05) is 13.4 Å². The van der Waals surface area contributed by atoms with E-state index in [1.807, 2.05) is 43.6 Å². The van der Waals surface area contributed by atoms with Crippen LogP contribution in [0.2, 0.25) is 0 Å². The minimum atomic E-state index is -0.630. The summed E-state index contributed by atoms with van der Waals surface area (Å²) in [6, 6.07) is 7.58. The van der Waals surface area contributed by atoms with Gasteiger partial charge >= 0.3 is 0 Å². The number of aromatic nitrogens is 1. The lowest BCUT2D eigenvalue weighted by atomic mass is 10.2. The summed E-state index contributed by atoms with van der Waals surface area (Å²) in [6.45, 7) is 1.90. The molecular weight excluding hydrogens is 453 g/mol. The van der Waals surface area contributed by atoms with Crippen LogP contribution in [-0.2, 0) is 9.63 Å². The molecule has 2 unspecified atom stereocenters. The number of benzene rings is 1. The van der Waals surface area contributed by atoms with Gasteiger partial charge in [-0.1, -0.05) is 5.16 Å². The number of hydrogen-bond acceptors (Lipinski definition) is 6. The number of carbonyl (C=O) groups is 1. The van der Waals surface area contributed by atoms with Gasteiger partial charge in [-0.2, -0.15) is 0 Å². The molecule has 134 valence electrons. The van der Waals surface area contributed by atoms with Crippen molar-refractivity contribution in [2.24, 2.45) is 5.16 Å². The molecular formula is C17H20IN3O3S. The van der Waals surface area contributed by atoms with Crippen molar-refractivity contribution < 1.29 is 14.4 Å². The number of pyridine rings is 1. The smallest absolute Gasteiger partial charge is 0.271 e. The van der Waals surface area contributed by atoms with Gasteiger partial charge in [-0.05, 0) is 60.0 Å². The number of halogens is 1. The first-order chi connectivity index (χ1) is 12.0. The highest BCUT2D eigenvalue weighted by Crippen LogP contribution is 2.23. The Morgan fingerprint density at radius 1 is 1.48 bits per heavy atom. The minimum absolute atomic E-state index is 0.0629. The summed E-state index contributed by atoms with van der Waals surface area (Å²) in [5.74, 6) is 0.464. The molecule has 0 aliphatic carbocycles. The number of fused-ring (bicyclic) bond motifs is 1. The van der Waals surface area contributed by atoms with Crippen LogP contribution in [-0.4, -0.2) is 41.9 Å². The number of carbonyl (C=O) groups excluding carboxylic acids is 1. The summed E-state index contributed by atoms with van der Waals surface area (Å²) >= 11 is 3.56. The first-order valence-electron chi connectivity index (χ1n) is 7.63. The molecule has 6 nitrogen and oxygen atoms in total. The van der Waals surface area contributed by atoms with E-state index < -0.39 is 5.44 Å². The summed E-state index contributed by atoms with van der Waals surface area (Å²) in [5.41, 5.74) is 0.263. The van der Waals surface area contributed by atoms with Crippen LogP contribution >= 0.6 is 34.4 Å². The van der Waals surface area contributed by atoms with Gasteiger partial charge in [0, 0.05) is 33.8 Å². The molecule has 0 radical (unpaired) electrons. The number of nitrogens with one attached hydrogen (secondary N) is 1. The van der Waals surface area contributed by atoms with Crippen LogP contribution in [0.4, 0.5) is 0 Å². The molecule has 2 atom stereocenters. The van der Waals surface area contributed by atoms with E-state index in [2.05, 4.69) is 42.9 Å². The lowest BCUT2D eigenvalue weighted by Crippen LogP contribution is -2.41. The predicted octanol–water partition coefficient (Wildman–Crippen LogP) is 3.43. The highest BCUT2D eigenvalue weighted by atomic mass is 127. The van der Waals surface area contributed by atoms with Crippen LogP contribution in [0.25, 0.3) is 10.9 Å². The molecule has 0 bridgehead atoms. The first kappa shape index (κ1) is 19.8. The van der Waals surface area contributed by atoms with E-state index >= 15 is 0 Å². The van der Waals surface area contributed by atoms with Crippen molar-refractivity contribution in [1.82, 2.24) is 10.3 Å². The highest BCUT2D eigenvalue weighted by Gasteiger charge is 2.20. The van der Waals surface area contributed by atoms with Gasteiger partial charge in [-0.15, -0.1) is 11.8 Å². The van der Waals surface area contributed by atoms with Crippen LogP contribution in [0.15, 0.2) is 35.6 Å². The second-order valence-corrected chi connectivity index (χ2v) is 7.45. The molecule has 1 N–H and O–H groups in total. The fourth-order valence-electron chi connectivity index (χ4n) is 2.13. The number of rotatable bonds is 8. The normalized spacial score (nSPS) is 13.6. The van der Waals surface area contributed by atoms with Crippen LogP contribution in [0.3, 0.4) is 0 Å². The van der Waals surface area contributed by atoms with E-state index in [-0.39, 0.29) is 11.9 Å². The summed E-state index contributed by atoms with van der Waals surface area (Å²) in [7, 11) is 1.48. The molecule has 0 fully saturated rings. The molecule has 0 saturated carbocycles. The zero-order chi connectivity index (χ0) is 18.2. The summed E-state index contributed by atoms with van der Waals surface area (Å²) in [4.78, 5) is 21.4. The topological polar surface area (TPSA) is 72.8 Å². The van der Waals surface area contributed by atoms with Gasteiger partial charge in [0.1, 0.15) is 12.9 Å². The van der Waals surface area contributed by atoms with Crippen molar-refractivity contribution in [1.29, 1.82) is 0 Å². The Hall–Kier alpha value is -1.55. The van der Waals surface area contributed by atoms with Gasteiger partial charge in [0.15, 0.2) is 0 Å². The average Bonchev–Trinajstić information content (AvgIpc) is 2.59. The van der Waals surface area contributed by atoms with E-state index in [0.29, 0.717) is 12.2 Å². The second kappa shape index (κ2) is 9.81. The molecule has 8 heteroatoms. The molecule has 0 spiro atoms. The third-order valence-corrected chi connectivity index (χ3v) is 4.65. The SMILES string of the molecule is CO/N=C/CC(C)NC(=O)C(Oc1ccc2ncc(I)cc2c1)SC. The Bertz CT molecular complexity index is 757. The fourth-order valence-corrected chi connectivity index (χ4v) is 3.10. The Morgan fingerprint density at radius 3 is 3.00 bits per heavy atom. The second-order valence-electron chi connectivity index (χ2n) is 5.31. The summed E-state index contributed by atoms with van der Waals surface area (Å²) in [5, 5.41) is 7.56. The number of thioether (sulfide) groups is 1. The minimum Gasteiger partial charge on any atom is -0.470 e. The maximum absolute atomic E-state index is 12.4. The summed E-state index contributed by atoms with van der Waals surface area (Å²) in [6.07, 6.45) is 5.86. The molecule has 2 rings (SSSR count). The van der Waals surface area contributed by atoms with Crippen molar-refractivity contribution in [3.05, 3.63) is 34.0 Å². The molecule has 2 aromatic rings. The van der Waals surface area contributed by atoms with E-state index in [9.17, 15) is 4.79 Å². The van der Waals surface area contributed by atoms with Gasteiger partial charge in [-0.3, -0.25) is 9.78 Å². The van der Waals surface area contributed by atoms with Gasteiger partial charge in [0.05, 0.1) is 5.52 Å². The van der Waals surface area contributed by atoms with Gasteiger partial charge in [0.2, 0.25) is 5.44 Å². The number of hydrogen-bond donors (Lipinski definition) is 1. The third kappa shape index (κ3) is 6.03. The van der Waals surface area contributed by atoms with Gasteiger partial charge in [-0.25, -0.2) is 0 Å². The number of amides is 1. The van der Waals surface area contributed by atoms with Crippen molar-refractivity contribution in [3.63, 3.8) is 0 Å². The fraction of sp³-hybridized carbons (Fsp3) is 0.353. The van der Waals surface area contributed by atoms with Crippen LogP contribution in [0, 0.1) is 3.57 Å². The maximum Gasteiger partial charge on any atom is 0.271 e. The van der Waals surface area contributed by atoms with E-state index in [4.69, 9.17) is 4.74 Å². The van der Waals surface area contributed by atoms with Crippen molar-refractivity contribution in [2.45, 2.75) is 24.8 Å². The molecule has 1 aromatic carbocycles. The molecule has 0 aliphatic rings. The van der Waals surface area contributed by atoms with Crippen LogP contribution in [0.1, 0.15) is 13.3 Å². The lowest BCUT2D eigenvalue weighted by Gasteiger charge is -2.19. The molecule has 1 aromatic heterocycles. The quantitative estimate of drug-likeness (QED) is 0.275. The van der Waals surface area contributed by atoms with E-state index in [1.165, 1.54) is 18.9 Å². The molecule has 1 amide bonds. The van der Waals surface area contributed by atoms with E-state index in [0.717, 1.165) is 14.5 Å². The molecule has 0 aliphatic heterocycles. The number of ether oxygens (including phenoxy) is 1. The molecule has 25 heavy (non-hydrogen) atoms. The molecule has 1 heterocycles. The monoisotopic (exact) mass is 473 g/mol. The van der Waals surface area contributed by atoms with Gasteiger partial charge < -0.3 is 14.9 Å². The zero-order valence-corrected chi connectivity index (χ0v) is 17.2. The first-order valence-corrected chi connectivity index (χ1v) is 10.00.